The van der Waals surface area contributed by atoms with Crippen molar-refractivity contribution in [3.05, 3.63) is 30.0 Å². The van der Waals surface area contributed by atoms with Crippen molar-refractivity contribution in [2.45, 2.75) is 19.3 Å². The Bertz CT molecular complexity index is 555. The number of carboxylic acid groups (broad SMARTS) is 1. The second-order valence-electron chi connectivity index (χ2n) is 4.42. The molecule has 0 amide bonds. The quantitative estimate of drug-likeness (QED) is 0.838. The molecule has 1 aromatic heterocycles. The molecule has 1 heterocycles. The molecule has 0 spiro atoms. The van der Waals surface area contributed by atoms with Crippen LogP contribution in [0.4, 0.5) is 0 Å². The van der Waals surface area contributed by atoms with Crippen molar-refractivity contribution < 1.29 is 9.90 Å². The highest BCUT2D eigenvalue weighted by atomic mass is 16.4. The fraction of sp³-hybridized carbons (Fsp3) is 0.333. The largest absolute Gasteiger partial charge is 0.481 e. The lowest BCUT2D eigenvalue weighted by Gasteiger charge is -2.16. The first kappa shape index (κ1) is 10.7. The number of para-hydroxylation sites is 1. The van der Waals surface area contributed by atoms with E-state index in [4.69, 9.17) is 0 Å². The number of benzene rings is 1. The molecule has 1 aromatic carbocycles. The van der Waals surface area contributed by atoms with E-state index < -0.39 is 11.4 Å². The van der Waals surface area contributed by atoms with Crippen molar-refractivity contribution in [1.82, 2.24) is 9.78 Å². The van der Waals surface area contributed by atoms with Gasteiger partial charge in [0.1, 0.15) is 5.41 Å². The Balaban J connectivity index is 2.75. The van der Waals surface area contributed by atoms with Gasteiger partial charge in [-0.3, -0.25) is 9.48 Å². The Morgan fingerprint density at radius 2 is 2.00 bits per heavy atom. The molecule has 0 atom stereocenters. The van der Waals surface area contributed by atoms with Crippen LogP contribution in [0.2, 0.25) is 0 Å². The Morgan fingerprint density at radius 3 is 2.62 bits per heavy atom. The van der Waals surface area contributed by atoms with Crippen LogP contribution in [0, 0.1) is 0 Å². The fourth-order valence-electron chi connectivity index (χ4n) is 1.78. The summed E-state index contributed by atoms with van der Waals surface area (Å²) in [5, 5.41) is 14.4. The molecule has 2 rings (SSSR count). The van der Waals surface area contributed by atoms with Gasteiger partial charge < -0.3 is 5.11 Å². The average molecular weight is 218 g/mol. The lowest BCUT2D eigenvalue weighted by Crippen LogP contribution is -2.29. The zero-order chi connectivity index (χ0) is 11.9. The van der Waals surface area contributed by atoms with Crippen LogP contribution in [0.5, 0.6) is 0 Å². The van der Waals surface area contributed by atoms with Crippen molar-refractivity contribution in [1.29, 1.82) is 0 Å². The molecule has 0 aliphatic carbocycles. The van der Waals surface area contributed by atoms with E-state index in [1.807, 2.05) is 31.3 Å². The van der Waals surface area contributed by atoms with Gasteiger partial charge in [0.15, 0.2) is 0 Å². The smallest absolute Gasteiger partial charge is 0.315 e. The average Bonchev–Trinajstić information content (AvgIpc) is 2.57. The van der Waals surface area contributed by atoms with Gasteiger partial charge in [0, 0.05) is 12.4 Å². The van der Waals surface area contributed by atoms with E-state index >= 15 is 0 Å². The van der Waals surface area contributed by atoms with Gasteiger partial charge in [-0.2, -0.15) is 5.10 Å². The fourth-order valence-corrected chi connectivity index (χ4v) is 1.78. The first-order valence-electron chi connectivity index (χ1n) is 5.10. The van der Waals surface area contributed by atoms with Crippen LogP contribution in [0.15, 0.2) is 24.3 Å². The van der Waals surface area contributed by atoms with E-state index in [0.29, 0.717) is 5.69 Å². The van der Waals surface area contributed by atoms with Crippen molar-refractivity contribution in [3.8, 4) is 0 Å². The summed E-state index contributed by atoms with van der Waals surface area (Å²) in [5.74, 6) is -0.864. The monoisotopic (exact) mass is 218 g/mol. The van der Waals surface area contributed by atoms with Crippen LogP contribution in [-0.4, -0.2) is 20.9 Å². The lowest BCUT2D eigenvalue weighted by atomic mass is 9.87. The Morgan fingerprint density at radius 1 is 1.38 bits per heavy atom. The second kappa shape index (κ2) is 3.33. The molecule has 4 nitrogen and oxygen atoms in total. The number of carbonyl (C=O) groups is 1. The van der Waals surface area contributed by atoms with Crippen LogP contribution in [-0.2, 0) is 17.3 Å². The summed E-state index contributed by atoms with van der Waals surface area (Å²) < 4.78 is 1.72. The number of fused-ring (bicyclic) bond motifs is 1. The maximum Gasteiger partial charge on any atom is 0.315 e. The Labute approximate surface area is 93.5 Å². The molecule has 0 aliphatic rings. The molecule has 84 valence electrons. The van der Waals surface area contributed by atoms with Gasteiger partial charge in [0.25, 0.3) is 0 Å². The zero-order valence-electron chi connectivity index (χ0n) is 9.56. The second-order valence-corrected chi connectivity index (χ2v) is 4.42. The summed E-state index contributed by atoms with van der Waals surface area (Å²) >= 11 is 0. The molecule has 0 bridgehead atoms. The van der Waals surface area contributed by atoms with E-state index in [1.54, 1.807) is 18.5 Å². The highest BCUT2D eigenvalue weighted by Gasteiger charge is 2.34. The van der Waals surface area contributed by atoms with Crippen LogP contribution in [0.25, 0.3) is 10.9 Å². The topological polar surface area (TPSA) is 55.1 Å². The van der Waals surface area contributed by atoms with Gasteiger partial charge in [-0.05, 0) is 19.9 Å². The van der Waals surface area contributed by atoms with Crippen molar-refractivity contribution in [2.75, 3.05) is 0 Å². The third-order valence-corrected chi connectivity index (χ3v) is 2.88. The number of hydrogen-bond acceptors (Lipinski definition) is 2. The van der Waals surface area contributed by atoms with Gasteiger partial charge in [-0.1, -0.05) is 18.2 Å². The minimum Gasteiger partial charge on any atom is -0.481 e. The number of aliphatic carboxylic acids is 1. The third-order valence-electron chi connectivity index (χ3n) is 2.88. The van der Waals surface area contributed by atoms with Crippen molar-refractivity contribution in [2.24, 2.45) is 7.05 Å². The maximum atomic E-state index is 11.2. The Hall–Kier alpha value is -1.84. The summed E-state index contributed by atoms with van der Waals surface area (Å²) in [5.41, 5.74) is 0.589. The molecular weight excluding hydrogens is 204 g/mol. The number of aromatic nitrogens is 2. The molecule has 0 saturated heterocycles. The van der Waals surface area contributed by atoms with Gasteiger partial charge in [0.2, 0.25) is 0 Å². The van der Waals surface area contributed by atoms with E-state index in [2.05, 4.69) is 5.10 Å². The van der Waals surface area contributed by atoms with Crippen LogP contribution in [0.1, 0.15) is 19.5 Å². The first-order chi connectivity index (χ1) is 7.44. The molecular formula is C12H14N2O2. The van der Waals surface area contributed by atoms with Crippen LogP contribution in [0.3, 0.4) is 0 Å². The SMILES string of the molecule is Cn1nc(C(C)(C)C(=O)O)c2ccccc21. The molecule has 16 heavy (non-hydrogen) atoms. The molecule has 4 heteroatoms. The molecule has 0 aliphatic heterocycles. The lowest BCUT2D eigenvalue weighted by molar-refractivity contribution is -0.142. The van der Waals surface area contributed by atoms with Gasteiger partial charge >= 0.3 is 5.97 Å². The van der Waals surface area contributed by atoms with Crippen LogP contribution >= 0.6 is 0 Å². The number of rotatable bonds is 2. The first-order valence-corrected chi connectivity index (χ1v) is 5.10. The highest BCUT2D eigenvalue weighted by molar-refractivity contribution is 5.90. The number of aryl methyl sites for hydroxylation is 1. The van der Waals surface area contributed by atoms with Crippen molar-refractivity contribution >= 4 is 16.9 Å². The Kier molecular flexibility index (Phi) is 2.22. The van der Waals surface area contributed by atoms with Gasteiger partial charge in [-0.25, -0.2) is 0 Å². The molecule has 0 unspecified atom stereocenters. The van der Waals surface area contributed by atoms with Crippen LogP contribution < -0.4 is 0 Å². The summed E-state index contributed by atoms with van der Waals surface area (Å²) in [7, 11) is 1.82. The molecule has 2 aromatic rings. The van der Waals surface area contributed by atoms with Crippen molar-refractivity contribution in [3.63, 3.8) is 0 Å². The minimum atomic E-state index is -0.971. The molecule has 0 fully saturated rings. The van der Waals surface area contributed by atoms with E-state index in [0.717, 1.165) is 10.9 Å². The number of nitrogens with zero attached hydrogens (tertiary/aromatic N) is 2. The molecule has 1 N–H and O–H groups in total. The highest BCUT2D eigenvalue weighted by Crippen LogP contribution is 2.29. The number of carboxylic acids is 1. The predicted octanol–water partition coefficient (Wildman–Crippen LogP) is 1.94. The maximum absolute atomic E-state index is 11.2. The molecule has 0 saturated carbocycles. The van der Waals surface area contributed by atoms with Gasteiger partial charge in [-0.15, -0.1) is 0 Å². The summed E-state index contributed by atoms with van der Waals surface area (Å²) in [4.78, 5) is 11.2. The molecule has 0 radical (unpaired) electrons. The van der Waals surface area contributed by atoms with E-state index in [9.17, 15) is 9.90 Å². The normalized spacial score (nSPS) is 11.9. The number of hydrogen-bond donors (Lipinski definition) is 1. The predicted molar refractivity (Wildman–Crippen MR) is 61.4 cm³/mol. The summed E-state index contributed by atoms with van der Waals surface area (Å²) in [6, 6.07) is 7.65. The minimum absolute atomic E-state index is 0.609. The summed E-state index contributed by atoms with van der Waals surface area (Å²) in [6.45, 7) is 3.34. The summed E-state index contributed by atoms with van der Waals surface area (Å²) in [6.07, 6.45) is 0. The standard InChI is InChI=1S/C12H14N2O2/c1-12(2,11(15)16)10-8-6-4-5-7-9(8)14(3)13-10/h4-7H,1-3H3,(H,15,16). The van der Waals surface area contributed by atoms with E-state index in [-0.39, 0.29) is 0 Å². The zero-order valence-corrected chi connectivity index (χ0v) is 9.56. The van der Waals surface area contributed by atoms with Gasteiger partial charge in [0.05, 0.1) is 11.2 Å². The van der Waals surface area contributed by atoms with E-state index in [1.165, 1.54) is 0 Å². The third kappa shape index (κ3) is 1.38.